The molecule has 2 unspecified atom stereocenters. The van der Waals surface area contributed by atoms with E-state index in [2.05, 4.69) is 10.3 Å². The third-order valence-corrected chi connectivity index (χ3v) is 5.05. The standard InChI is InChI=1S/C16H18ClFN2S/c17-16-7-12(10-21-16)5-11-6-13(19)9-20(8-11)15-4-2-1-3-14(15)18/h1-4,7,10-11,13H,5-6,8-9,19H2. The molecule has 1 aromatic carbocycles. The summed E-state index contributed by atoms with van der Waals surface area (Å²) in [5.41, 5.74) is 8.08. The van der Waals surface area contributed by atoms with Gasteiger partial charge in [0.1, 0.15) is 5.82 Å². The molecule has 5 heteroatoms. The number of benzene rings is 1. The fourth-order valence-corrected chi connectivity index (χ4v) is 4.01. The Kier molecular flexibility index (Phi) is 4.48. The van der Waals surface area contributed by atoms with Gasteiger partial charge in [-0.05, 0) is 47.9 Å². The zero-order chi connectivity index (χ0) is 14.8. The average Bonchev–Trinajstić information content (AvgIpc) is 2.84. The molecule has 0 bridgehead atoms. The summed E-state index contributed by atoms with van der Waals surface area (Å²) < 4.78 is 14.8. The van der Waals surface area contributed by atoms with Crippen molar-refractivity contribution in [3.05, 3.63) is 51.4 Å². The Bertz CT molecular complexity index is 616. The number of para-hydroxylation sites is 1. The summed E-state index contributed by atoms with van der Waals surface area (Å²) in [6.07, 6.45) is 1.92. The van der Waals surface area contributed by atoms with E-state index < -0.39 is 0 Å². The second kappa shape index (κ2) is 6.34. The highest BCUT2D eigenvalue weighted by Gasteiger charge is 2.26. The highest BCUT2D eigenvalue weighted by atomic mass is 35.5. The Morgan fingerprint density at radius 2 is 2.14 bits per heavy atom. The van der Waals surface area contributed by atoms with Crippen molar-refractivity contribution in [2.45, 2.75) is 18.9 Å². The lowest BCUT2D eigenvalue weighted by atomic mass is 9.89. The van der Waals surface area contributed by atoms with Crippen molar-refractivity contribution < 1.29 is 4.39 Å². The maximum absolute atomic E-state index is 14.0. The number of anilines is 1. The van der Waals surface area contributed by atoms with Gasteiger partial charge in [0.15, 0.2) is 0 Å². The van der Waals surface area contributed by atoms with Gasteiger partial charge in [-0.25, -0.2) is 4.39 Å². The van der Waals surface area contributed by atoms with Gasteiger partial charge in [0.05, 0.1) is 10.0 Å². The molecule has 1 aliphatic heterocycles. The van der Waals surface area contributed by atoms with E-state index in [9.17, 15) is 4.39 Å². The quantitative estimate of drug-likeness (QED) is 0.926. The number of hydrogen-bond acceptors (Lipinski definition) is 3. The van der Waals surface area contributed by atoms with E-state index in [1.807, 2.05) is 18.2 Å². The average molecular weight is 325 g/mol. The fraction of sp³-hybridized carbons (Fsp3) is 0.375. The van der Waals surface area contributed by atoms with Gasteiger partial charge in [0, 0.05) is 19.1 Å². The zero-order valence-corrected chi connectivity index (χ0v) is 13.2. The molecule has 1 aliphatic rings. The smallest absolute Gasteiger partial charge is 0.146 e. The number of nitrogens with two attached hydrogens (primary N) is 1. The molecule has 112 valence electrons. The first-order valence-corrected chi connectivity index (χ1v) is 8.35. The van der Waals surface area contributed by atoms with E-state index in [0.717, 1.165) is 23.7 Å². The van der Waals surface area contributed by atoms with Crippen LogP contribution in [-0.2, 0) is 6.42 Å². The minimum absolute atomic E-state index is 0.0810. The van der Waals surface area contributed by atoms with E-state index >= 15 is 0 Å². The second-order valence-corrected chi connectivity index (χ2v) is 7.22. The number of nitrogens with zero attached hydrogens (tertiary/aromatic N) is 1. The van der Waals surface area contributed by atoms with Crippen LogP contribution in [0.5, 0.6) is 0 Å². The molecule has 2 N–H and O–H groups in total. The van der Waals surface area contributed by atoms with Gasteiger partial charge in [-0.2, -0.15) is 0 Å². The number of halogens is 2. The first-order valence-electron chi connectivity index (χ1n) is 7.10. The molecule has 21 heavy (non-hydrogen) atoms. The maximum Gasteiger partial charge on any atom is 0.146 e. The molecule has 0 aliphatic carbocycles. The van der Waals surface area contributed by atoms with E-state index in [0.29, 0.717) is 18.2 Å². The molecular formula is C16H18ClFN2S. The van der Waals surface area contributed by atoms with Crippen LogP contribution in [0.15, 0.2) is 35.7 Å². The van der Waals surface area contributed by atoms with Crippen LogP contribution in [-0.4, -0.2) is 19.1 Å². The fourth-order valence-electron chi connectivity index (χ4n) is 3.09. The zero-order valence-electron chi connectivity index (χ0n) is 11.6. The van der Waals surface area contributed by atoms with Crippen LogP contribution in [0.4, 0.5) is 10.1 Å². The molecule has 0 amide bonds. The van der Waals surface area contributed by atoms with Crippen molar-refractivity contribution in [2.75, 3.05) is 18.0 Å². The van der Waals surface area contributed by atoms with Gasteiger partial charge in [-0.15, -0.1) is 11.3 Å². The summed E-state index contributed by atoms with van der Waals surface area (Å²) in [7, 11) is 0. The molecular weight excluding hydrogens is 307 g/mol. The van der Waals surface area contributed by atoms with Gasteiger partial charge in [-0.3, -0.25) is 0 Å². The Labute approximate surface area is 133 Å². The molecule has 0 saturated carbocycles. The van der Waals surface area contributed by atoms with E-state index in [1.165, 1.54) is 11.6 Å². The van der Waals surface area contributed by atoms with Crippen molar-refractivity contribution in [1.82, 2.24) is 0 Å². The Hall–Kier alpha value is -1.10. The minimum atomic E-state index is -0.177. The van der Waals surface area contributed by atoms with Crippen LogP contribution in [0, 0.1) is 11.7 Å². The first-order chi connectivity index (χ1) is 10.1. The number of piperidine rings is 1. The van der Waals surface area contributed by atoms with Crippen LogP contribution < -0.4 is 10.6 Å². The van der Waals surface area contributed by atoms with Crippen molar-refractivity contribution in [3.63, 3.8) is 0 Å². The molecule has 0 spiro atoms. The Balaban J connectivity index is 1.74. The van der Waals surface area contributed by atoms with Gasteiger partial charge in [0.2, 0.25) is 0 Å². The van der Waals surface area contributed by atoms with Gasteiger partial charge in [-0.1, -0.05) is 23.7 Å². The summed E-state index contributed by atoms with van der Waals surface area (Å²) in [5.74, 6) is 0.253. The summed E-state index contributed by atoms with van der Waals surface area (Å²) >= 11 is 7.54. The Morgan fingerprint density at radius 3 is 2.86 bits per heavy atom. The molecule has 3 rings (SSSR count). The second-order valence-electron chi connectivity index (χ2n) is 5.68. The molecule has 2 aromatic rings. The topological polar surface area (TPSA) is 29.3 Å². The lowest BCUT2D eigenvalue weighted by Gasteiger charge is -2.38. The lowest BCUT2D eigenvalue weighted by Crippen LogP contribution is -2.47. The Morgan fingerprint density at radius 1 is 1.33 bits per heavy atom. The van der Waals surface area contributed by atoms with E-state index in [4.69, 9.17) is 17.3 Å². The van der Waals surface area contributed by atoms with Crippen molar-refractivity contribution >= 4 is 28.6 Å². The molecule has 1 fully saturated rings. The van der Waals surface area contributed by atoms with Crippen molar-refractivity contribution in [2.24, 2.45) is 11.7 Å². The minimum Gasteiger partial charge on any atom is -0.367 e. The van der Waals surface area contributed by atoms with Gasteiger partial charge < -0.3 is 10.6 Å². The summed E-state index contributed by atoms with van der Waals surface area (Å²) in [6.45, 7) is 1.55. The third-order valence-electron chi connectivity index (χ3n) is 3.91. The maximum atomic E-state index is 14.0. The third kappa shape index (κ3) is 3.57. The van der Waals surface area contributed by atoms with Crippen LogP contribution in [0.25, 0.3) is 0 Å². The molecule has 2 nitrogen and oxygen atoms in total. The lowest BCUT2D eigenvalue weighted by molar-refractivity contribution is 0.372. The van der Waals surface area contributed by atoms with E-state index in [1.54, 1.807) is 17.4 Å². The molecule has 1 aromatic heterocycles. The highest BCUT2D eigenvalue weighted by molar-refractivity contribution is 7.14. The molecule has 1 saturated heterocycles. The normalized spacial score (nSPS) is 22.5. The van der Waals surface area contributed by atoms with Gasteiger partial charge >= 0.3 is 0 Å². The summed E-state index contributed by atoms with van der Waals surface area (Å²) in [4.78, 5) is 2.07. The largest absolute Gasteiger partial charge is 0.367 e. The summed E-state index contributed by atoms with van der Waals surface area (Å²) in [5, 5.41) is 2.09. The number of thiophene rings is 1. The van der Waals surface area contributed by atoms with Crippen molar-refractivity contribution in [1.29, 1.82) is 0 Å². The predicted octanol–water partition coefficient (Wildman–Crippen LogP) is 3.94. The van der Waals surface area contributed by atoms with E-state index in [-0.39, 0.29) is 11.9 Å². The van der Waals surface area contributed by atoms with Crippen LogP contribution in [0.3, 0.4) is 0 Å². The van der Waals surface area contributed by atoms with Crippen LogP contribution in [0.2, 0.25) is 4.34 Å². The van der Waals surface area contributed by atoms with Crippen molar-refractivity contribution in [3.8, 4) is 0 Å². The van der Waals surface area contributed by atoms with Crippen LogP contribution >= 0.6 is 22.9 Å². The number of hydrogen-bond donors (Lipinski definition) is 1. The first kappa shape index (κ1) is 14.8. The highest BCUT2D eigenvalue weighted by Crippen LogP contribution is 2.29. The molecule has 2 atom stereocenters. The summed E-state index contributed by atoms with van der Waals surface area (Å²) in [6, 6.07) is 9.01. The van der Waals surface area contributed by atoms with Crippen LogP contribution in [0.1, 0.15) is 12.0 Å². The molecule has 2 heterocycles. The predicted molar refractivity (Wildman–Crippen MR) is 87.7 cm³/mol. The van der Waals surface area contributed by atoms with Gasteiger partial charge in [0.25, 0.3) is 0 Å². The molecule has 0 radical (unpaired) electrons. The SMILES string of the molecule is NC1CC(Cc2csc(Cl)c2)CN(c2ccccc2F)C1. The number of rotatable bonds is 3. The monoisotopic (exact) mass is 324 g/mol.